The van der Waals surface area contributed by atoms with Gasteiger partial charge < -0.3 is 5.32 Å². The molecule has 4 aromatic carbocycles. The fourth-order valence-corrected chi connectivity index (χ4v) is 5.78. The number of benzene rings is 4. The van der Waals surface area contributed by atoms with Gasteiger partial charge in [-0.1, -0.05) is 107 Å². The molecule has 0 fully saturated rings. The van der Waals surface area contributed by atoms with E-state index >= 15 is 0 Å². The zero-order valence-corrected chi connectivity index (χ0v) is 24.5. The van der Waals surface area contributed by atoms with Crippen molar-refractivity contribution >= 4 is 40.9 Å². The molecule has 0 aliphatic carbocycles. The molecule has 0 radical (unpaired) electrons. The van der Waals surface area contributed by atoms with E-state index in [9.17, 15) is 4.79 Å². The van der Waals surface area contributed by atoms with Crippen LogP contribution < -0.4 is 5.32 Å². The van der Waals surface area contributed by atoms with E-state index in [0.717, 1.165) is 27.7 Å². The summed E-state index contributed by atoms with van der Waals surface area (Å²) in [6.45, 7) is 4.11. The summed E-state index contributed by atoms with van der Waals surface area (Å²) in [5, 5.41) is 14.3. The van der Waals surface area contributed by atoms with Gasteiger partial charge in [0.2, 0.25) is 0 Å². The van der Waals surface area contributed by atoms with Gasteiger partial charge in [0.25, 0.3) is 5.91 Å². The first kappa shape index (κ1) is 28.0. The molecular formula is C32H28Cl2N4OS. The summed E-state index contributed by atoms with van der Waals surface area (Å²) in [4.78, 5) is 13.4. The Bertz CT molecular complexity index is 1640. The second-order valence-electron chi connectivity index (χ2n) is 9.61. The van der Waals surface area contributed by atoms with Crippen molar-refractivity contribution < 1.29 is 4.79 Å². The zero-order chi connectivity index (χ0) is 28.1. The largest absolute Gasteiger partial charge is 0.342 e. The van der Waals surface area contributed by atoms with Gasteiger partial charge in [-0.05, 0) is 67.3 Å². The van der Waals surface area contributed by atoms with Gasteiger partial charge >= 0.3 is 0 Å². The van der Waals surface area contributed by atoms with Crippen LogP contribution in [0.3, 0.4) is 0 Å². The molecule has 0 saturated carbocycles. The molecule has 1 N–H and O–H groups in total. The molecule has 8 heteroatoms. The molecular weight excluding hydrogens is 559 g/mol. The number of aromatic nitrogens is 3. The van der Waals surface area contributed by atoms with Crippen LogP contribution in [0, 0.1) is 13.8 Å². The number of carbonyl (C=O) groups excluding carboxylic acids is 1. The minimum absolute atomic E-state index is 0.241. The molecule has 1 atom stereocenters. The van der Waals surface area contributed by atoms with E-state index in [1.807, 2.05) is 60.0 Å². The summed E-state index contributed by atoms with van der Waals surface area (Å²) in [6.07, 6.45) is 0.521. The third-order valence-corrected chi connectivity index (χ3v) is 7.98. The lowest BCUT2D eigenvalue weighted by Crippen LogP contribution is -2.32. The van der Waals surface area contributed by atoms with E-state index in [0.29, 0.717) is 27.9 Å². The molecule has 0 saturated heterocycles. The first-order chi connectivity index (χ1) is 19.4. The number of rotatable bonds is 9. The Morgan fingerprint density at radius 2 is 1.60 bits per heavy atom. The fraction of sp³-hybridized carbons (Fsp3) is 0.156. The van der Waals surface area contributed by atoms with Gasteiger partial charge in [0.05, 0.1) is 11.7 Å². The number of amides is 1. The van der Waals surface area contributed by atoms with Gasteiger partial charge in [0.15, 0.2) is 11.0 Å². The number of aryl methyl sites for hydroxylation is 2. The van der Waals surface area contributed by atoms with Crippen LogP contribution in [0.15, 0.2) is 102 Å². The smallest absolute Gasteiger partial charge is 0.251 e. The molecule has 1 heterocycles. The maximum Gasteiger partial charge on any atom is 0.251 e. The van der Waals surface area contributed by atoms with Gasteiger partial charge in [0.1, 0.15) is 0 Å². The summed E-state index contributed by atoms with van der Waals surface area (Å²) >= 11 is 14.3. The maximum atomic E-state index is 13.4. The third-order valence-electron chi connectivity index (χ3n) is 6.51. The Morgan fingerprint density at radius 3 is 2.38 bits per heavy atom. The number of thioether (sulfide) groups is 1. The van der Waals surface area contributed by atoms with Crippen LogP contribution in [-0.4, -0.2) is 20.7 Å². The van der Waals surface area contributed by atoms with Crippen molar-refractivity contribution in [2.24, 2.45) is 0 Å². The van der Waals surface area contributed by atoms with Crippen LogP contribution in [0.1, 0.15) is 44.5 Å². The molecule has 5 rings (SSSR count). The van der Waals surface area contributed by atoms with Crippen molar-refractivity contribution in [2.75, 3.05) is 0 Å². The van der Waals surface area contributed by atoms with Crippen LogP contribution in [0.4, 0.5) is 0 Å². The molecule has 5 nitrogen and oxygen atoms in total. The van der Waals surface area contributed by atoms with E-state index in [1.165, 1.54) is 11.1 Å². The van der Waals surface area contributed by atoms with Crippen LogP contribution in [-0.2, 0) is 12.2 Å². The molecule has 0 aliphatic rings. The number of nitrogens with one attached hydrogen (secondary N) is 1. The molecule has 40 heavy (non-hydrogen) atoms. The van der Waals surface area contributed by atoms with E-state index in [1.54, 1.807) is 36.0 Å². The maximum absolute atomic E-state index is 13.4. The fourth-order valence-electron chi connectivity index (χ4n) is 4.53. The highest BCUT2D eigenvalue weighted by atomic mass is 35.5. The minimum atomic E-state index is -0.479. The number of nitrogens with zero attached hydrogens (tertiary/aromatic N) is 3. The van der Waals surface area contributed by atoms with Crippen LogP contribution in [0.2, 0.25) is 10.0 Å². The average Bonchev–Trinajstić information content (AvgIpc) is 3.37. The Balaban J connectivity index is 1.58. The van der Waals surface area contributed by atoms with Crippen molar-refractivity contribution in [2.45, 2.75) is 37.2 Å². The van der Waals surface area contributed by atoms with Crippen LogP contribution in [0.5, 0.6) is 0 Å². The molecule has 1 amide bonds. The molecule has 1 unspecified atom stereocenters. The number of carbonyl (C=O) groups is 1. The second-order valence-corrected chi connectivity index (χ2v) is 11.4. The highest BCUT2D eigenvalue weighted by Gasteiger charge is 2.26. The van der Waals surface area contributed by atoms with Crippen molar-refractivity contribution in [1.82, 2.24) is 20.1 Å². The summed E-state index contributed by atoms with van der Waals surface area (Å²) in [7, 11) is 0. The summed E-state index contributed by atoms with van der Waals surface area (Å²) in [5.74, 6) is 1.10. The summed E-state index contributed by atoms with van der Waals surface area (Å²) in [6, 6.07) is 30.6. The topological polar surface area (TPSA) is 59.8 Å². The van der Waals surface area contributed by atoms with E-state index in [-0.39, 0.29) is 5.91 Å². The van der Waals surface area contributed by atoms with Gasteiger partial charge in [-0.3, -0.25) is 9.36 Å². The van der Waals surface area contributed by atoms with Crippen molar-refractivity contribution in [1.29, 1.82) is 0 Å². The highest BCUT2D eigenvalue weighted by molar-refractivity contribution is 7.98. The van der Waals surface area contributed by atoms with Gasteiger partial charge in [0, 0.05) is 21.4 Å². The van der Waals surface area contributed by atoms with Gasteiger partial charge in [-0.15, -0.1) is 10.2 Å². The lowest BCUT2D eigenvalue weighted by atomic mass is 10.0. The summed E-state index contributed by atoms with van der Waals surface area (Å²) < 4.78 is 2.02. The Kier molecular flexibility index (Phi) is 8.90. The van der Waals surface area contributed by atoms with Crippen molar-refractivity contribution in [3.63, 3.8) is 0 Å². The first-order valence-corrected chi connectivity index (χ1v) is 14.6. The predicted octanol–water partition coefficient (Wildman–Crippen LogP) is 8.20. The lowest BCUT2D eigenvalue weighted by molar-refractivity contribution is 0.0934. The van der Waals surface area contributed by atoms with E-state index in [2.05, 4.69) is 46.7 Å². The number of hydrogen-bond acceptors (Lipinski definition) is 4. The Hall–Kier alpha value is -3.58. The standard InChI is InChI=1S/C32H28Cl2N4OS/c1-21-8-6-11-24(16-21)20-40-32-37-36-30(38(32)29-19-27(34)15-14-22(29)2)28(17-23-9-4-3-5-10-23)35-31(39)25-12-7-13-26(33)18-25/h3-16,18-19,28H,17,20H2,1-2H3,(H,35,39). The predicted molar refractivity (Wildman–Crippen MR) is 164 cm³/mol. The Labute approximate surface area is 248 Å². The summed E-state index contributed by atoms with van der Waals surface area (Å²) in [5.41, 5.74) is 5.82. The molecule has 0 bridgehead atoms. The second kappa shape index (κ2) is 12.7. The molecule has 5 aromatic rings. The van der Waals surface area contributed by atoms with Crippen LogP contribution in [0.25, 0.3) is 5.69 Å². The minimum Gasteiger partial charge on any atom is -0.342 e. The van der Waals surface area contributed by atoms with E-state index in [4.69, 9.17) is 23.2 Å². The van der Waals surface area contributed by atoms with E-state index < -0.39 is 6.04 Å². The van der Waals surface area contributed by atoms with Gasteiger partial charge in [-0.2, -0.15) is 0 Å². The highest BCUT2D eigenvalue weighted by Crippen LogP contribution is 2.32. The first-order valence-electron chi connectivity index (χ1n) is 12.9. The number of hydrogen-bond donors (Lipinski definition) is 1. The average molecular weight is 588 g/mol. The third kappa shape index (κ3) is 6.76. The Morgan fingerprint density at radius 1 is 0.850 bits per heavy atom. The lowest BCUT2D eigenvalue weighted by Gasteiger charge is -2.21. The number of halogens is 2. The zero-order valence-electron chi connectivity index (χ0n) is 22.1. The molecule has 202 valence electrons. The molecule has 0 spiro atoms. The normalized spacial score (nSPS) is 11.8. The SMILES string of the molecule is Cc1cccc(CSc2nnc(C(Cc3ccccc3)NC(=O)c3cccc(Cl)c3)n2-c2cc(Cl)ccc2C)c1. The van der Waals surface area contributed by atoms with Crippen molar-refractivity contribution in [3.8, 4) is 5.69 Å². The quantitative estimate of drug-likeness (QED) is 0.177. The van der Waals surface area contributed by atoms with Gasteiger partial charge in [-0.25, -0.2) is 0 Å². The van der Waals surface area contributed by atoms with Crippen molar-refractivity contribution in [3.05, 3.63) is 141 Å². The van der Waals surface area contributed by atoms with Crippen LogP contribution >= 0.6 is 35.0 Å². The molecule has 1 aromatic heterocycles. The monoisotopic (exact) mass is 586 g/mol. The molecule has 0 aliphatic heterocycles.